The van der Waals surface area contributed by atoms with Gasteiger partial charge in [0.25, 0.3) is 0 Å². The second kappa shape index (κ2) is 8.03. The van der Waals surface area contributed by atoms with Gasteiger partial charge in [-0.25, -0.2) is 0 Å². The summed E-state index contributed by atoms with van der Waals surface area (Å²) < 4.78 is 6.36. The molecule has 0 aliphatic carbocycles. The van der Waals surface area contributed by atoms with Crippen molar-refractivity contribution in [2.75, 3.05) is 0 Å². The summed E-state index contributed by atoms with van der Waals surface area (Å²) in [4.78, 5) is 0. The first-order valence-corrected chi connectivity index (χ1v) is 14.9. The van der Waals surface area contributed by atoms with Gasteiger partial charge in [-0.1, -0.05) is 66.7 Å². The summed E-state index contributed by atoms with van der Waals surface area (Å²) in [6, 6.07) is 42.4. The standard InChI is InChI=1S/C36H21NS2/c1-2-8-24(9-3-1)37-17-16-22-18-23-19-30(31-21-38-33-12-6-4-11-26(31)33)27-14-15-28-25-10-5-7-13-34(25)39-36(28)35(27)29(23)20-32(22)37/h1-21H. The molecular formula is C36H21NS2. The minimum absolute atomic E-state index is 1.18. The highest BCUT2D eigenvalue weighted by molar-refractivity contribution is 7.26. The molecule has 0 saturated carbocycles. The van der Waals surface area contributed by atoms with Gasteiger partial charge in [-0.05, 0) is 75.6 Å². The van der Waals surface area contributed by atoms with E-state index in [2.05, 4.69) is 131 Å². The fourth-order valence-corrected chi connectivity index (χ4v) is 8.50. The van der Waals surface area contributed by atoms with E-state index in [1.54, 1.807) is 0 Å². The molecule has 0 aliphatic rings. The van der Waals surface area contributed by atoms with Gasteiger partial charge in [-0.15, -0.1) is 22.7 Å². The fraction of sp³-hybridized carbons (Fsp3) is 0. The van der Waals surface area contributed by atoms with Crippen LogP contribution in [0.15, 0.2) is 127 Å². The predicted molar refractivity (Wildman–Crippen MR) is 172 cm³/mol. The van der Waals surface area contributed by atoms with Crippen LogP contribution in [0.4, 0.5) is 0 Å². The van der Waals surface area contributed by atoms with Crippen molar-refractivity contribution < 1.29 is 0 Å². The summed E-state index contributed by atoms with van der Waals surface area (Å²) >= 11 is 3.75. The first-order chi connectivity index (χ1) is 19.3. The van der Waals surface area contributed by atoms with E-state index in [-0.39, 0.29) is 0 Å². The van der Waals surface area contributed by atoms with Crippen LogP contribution < -0.4 is 0 Å². The third-order valence-corrected chi connectivity index (χ3v) is 10.2. The minimum Gasteiger partial charge on any atom is -0.317 e. The van der Waals surface area contributed by atoms with E-state index in [1.807, 2.05) is 22.7 Å². The van der Waals surface area contributed by atoms with E-state index in [4.69, 9.17) is 0 Å². The number of para-hydroxylation sites is 1. The molecule has 1 nitrogen and oxygen atoms in total. The molecule has 0 saturated heterocycles. The Labute approximate surface area is 232 Å². The largest absolute Gasteiger partial charge is 0.317 e. The normalized spacial score (nSPS) is 12.1. The van der Waals surface area contributed by atoms with Gasteiger partial charge in [0.2, 0.25) is 0 Å². The lowest BCUT2D eigenvalue weighted by atomic mass is 9.91. The molecule has 9 rings (SSSR count). The van der Waals surface area contributed by atoms with Gasteiger partial charge >= 0.3 is 0 Å². The summed E-state index contributed by atoms with van der Waals surface area (Å²) in [5.41, 5.74) is 5.06. The number of fused-ring (bicyclic) bond motifs is 9. The van der Waals surface area contributed by atoms with Gasteiger partial charge in [0.1, 0.15) is 0 Å². The molecule has 3 aromatic heterocycles. The van der Waals surface area contributed by atoms with Crippen molar-refractivity contribution in [3.8, 4) is 16.8 Å². The lowest BCUT2D eigenvalue weighted by molar-refractivity contribution is 1.13. The Morgan fingerprint density at radius 3 is 2.18 bits per heavy atom. The molecule has 182 valence electrons. The number of hydrogen-bond acceptors (Lipinski definition) is 2. The first kappa shape index (κ1) is 21.5. The molecule has 0 radical (unpaired) electrons. The third kappa shape index (κ3) is 3.06. The van der Waals surface area contributed by atoms with Crippen LogP contribution in [-0.4, -0.2) is 4.57 Å². The average molecular weight is 532 g/mol. The molecule has 0 fully saturated rings. The van der Waals surface area contributed by atoms with Crippen LogP contribution in [0.5, 0.6) is 0 Å². The SMILES string of the molecule is c1ccc(-n2ccc3cc4cc(-c5csc6ccccc56)c5ccc6c7ccccc7sc6c5c4cc32)cc1. The zero-order valence-electron chi connectivity index (χ0n) is 20.9. The number of thiophene rings is 2. The average Bonchev–Trinajstić information content (AvgIpc) is 3.71. The molecule has 0 aliphatic heterocycles. The van der Waals surface area contributed by atoms with Crippen LogP contribution in [0.2, 0.25) is 0 Å². The maximum atomic E-state index is 2.42. The number of benzene rings is 6. The van der Waals surface area contributed by atoms with E-state index >= 15 is 0 Å². The third-order valence-electron chi connectivity index (χ3n) is 8.07. The molecule has 3 heterocycles. The zero-order chi connectivity index (χ0) is 25.5. The Kier molecular flexibility index (Phi) is 4.43. The molecule has 0 amide bonds. The summed E-state index contributed by atoms with van der Waals surface area (Å²) in [6.45, 7) is 0. The Hall–Kier alpha value is -4.44. The molecule has 0 bridgehead atoms. The molecule has 6 aromatic carbocycles. The molecule has 0 N–H and O–H groups in total. The lowest BCUT2D eigenvalue weighted by Gasteiger charge is -2.13. The summed E-state index contributed by atoms with van der Waals surface area (Å²) in [5, 5.41) is 12.9. The van der Waals surface area contributed by atoms with Crippen LogP contribution in [0, 0.1) is 0 Å². The molecule has 3 heteroatoms. The molecule has 0 spiro atoms. The van der Waals surface area contributed by atoms with Crippen LogP contribution in [0.25, 0.3) is 79.5 Å². The van der Waals surface area contributed by atoms with Crippen molar-refractivity contribution in [2.45, 2.75) is 0 Å². The highest BCUT2D eigenvalue weighted by Gasteiger charge is 2.18. The summed E-state index contributed by atoms with van der Waals surface area (Å²) in [7, 11) is 0. The molecular weight excluding hydrogens is 511 g/mol. The van der Waals surface area contributed by atoms with Crippen LogP contribution in [-0.2, 0) is 0 Å². The van der Waals surface area contributed by atoms with E-state index < -0.39 is 0 Å². The van der Waals surface area contributed by atoms with Crippen molar-refractivity contribution in [1.29, 1.82) is 0 Å². The Bertz CT molecular complexity index is 2390. The molecule has 39 heavy (non-hydrogen) atoms. The van der Waals surface area contributed by atoms with Crippen molar-refractivity contribution in [3.05, 3.63) is 127 Å². The molecule has 0 atom stereocenters. The smallest absolute Gasteiger partial charge is 0.0535 e. The lowest BCUT2D eigenvalue weighted by Crippen LogP contribution is -1.91. The Morgan fingerprint density at radius 2 is 1.28 bits per heavy atom. The summed E-state index contributed by atoms with van der Waals surface area (Å²) in [6.07, 6.45) is 2.20. The van der Waals surface area contributed by atoms with E-state index in [9.17, 15) is 0 Å². The topological polar surface area (TPSA) is 4.93 Å². The highest BCUT2D eigenvalue weighted by atomic mass is 32.1. The van der Waals surface area contributed by atoms with E-state index in [0.29, 0.717) is 0 Å². The maximum Gasteiger partial charge on any atom is 0.0535 e. The Balaban J connectivity index is 1.48. The fourth-order valence-electron chi connectivity index (χ4n) is 6.27. The van der Waals surface area contributed by atoms with Crippen LogP contribution in [0.3, 0.4) is 0 Å². The van der Waals surface area contributed by atoms with Crippen molar-refractivity contribution in [1.82, 2.24) is 4.57 Å². The highest BCUT2D eigenvalue weighted by Crippen LogP contribution is 2.46. The number of hydrogen-bond donors (Lipinski definition) is 0. The quantitative estimate of drug-likeness (QED) is 0.196. The van der Waals surface area contributed by atoms with Crippen LogP contribution in [0.1, 0.15) is 0 Å². The van der Waals surface area contributed by atoms with Gasteiger partial charge in [0.15, 0.2) is 0 Å². The molecule has 0 unspecified atom stereocenters. The number of aromatic nitrogens is 1. The zero-order valence-corrected chi connectivity index (χ0v) is 22.5. The van der Waals surface area contributed by atoms with Crippen molar-refractivity contribution in [2.24, 2.45) is 0 Å². The van der Waals surface area contributed by atoms with Gasteiger partial charge in [-0.3, -0.25) is 0 Å². The summed E-state index contributed by atoms with van der Waals surface area (Å²) in [5.74, 6) is 0. The van der Waals surface area contributed by atoms with Crippen LogP contribution >= 0.6 is 22.7 Å². The van der Waals surface area contributed by atoms with Gasteiger partial charge in [0.05, 0.1) is 5.52 Å². The number of rotatable bonds is 2. The van der Waals surface area contributed by atoms with E-state index in [1.165, 1.54) is 79.5 Å². The second-order valence-electron chi connectivity index (χ2n) is 10.2. The maximum absolute atomic E-state index is 2.42. The second-order valence-corrected chi connectivity index (χ2v) is 12.1. The van der Waals surface area contributed by atoms with Gasteiger partial charge in [-0.2, -0.15) is 0 Å². The Morgan fingerprint density at radius 1 is 0.513 bits per heavy atom. The monoisotopic (exact) mass is 531 g/mol. The predicted octanol–water partition coefficient (Wildman–Crippen LogP) is 11.2. The van der Waals surface area contributed by atoms with Crippen molar-refractivity contribution >= 4 is 85.4 Å². The minimum atomic E-state index is 1.18. The van der Waals surface area contributed by atoms with Crippen molar-refractivity contribution in [3.63, 3.8) is 0 Å². The molecule has 9 aromatic rings. The number of nitrogens with zero attached hydrogens (tertiary/aromatic N) is 1. The van der Waals surface area contributed by atoms with Gasteiger partial charge < -0.3 is 4.57 Å². The first-order valence-electron chi connectivity index (χ1n) is 13.2. The van der Waals surface area contributed by atoms with E-state index in [0.717, 1.165) is 0 Å². The van der Waals surface area contributed by atoms with Gasteiger partial charge in [0, 0.05) is 58.5 Å².